The van der Waals surface area contributed by atoms with E-state index in [1.807, 2.05) is 55.4 Å². The van der Waals surface area contributed by atoms with Gasteiger partial charge in [-0.25, -0.2) is 19.2 Å². The SMILES string of the molecule is CC(C)COC(=O)c1ccc2c3ccc(C(=O)OCC(C)C)c4c(C#N)c(-c5cc6c7ccc(C(=O)OCC(C)C)c8c(C#N)ccc(c9ccc(C(=O)OCC(C)C)c(c5C#N)c96)c87)cc(c5ccc(C#N)c1c25)c43. The van der Waals surface area contributed by atoms with Gasteiger partial charge in [-0.3, -0.25) is 0 Å². The van der Waals surface area contributed by atoms with Crippen LogP contribution in [0.15, 0.2) is 84.9 Å². The minimum Gasteiger partial charge on any atom is -0.462 e. The molecule has 10 aromatic rings. The van der Waals surface area contributed by atoms with Crippen molar-refractivity contribution in [1.82, 2.24) is 0 Å². The summed E-state index contributed by atoms with van der Waals surface area (Å²) in [5, 5.41) is 52.8. The number of esters is 4. The van der Waals surface area contributed by atoms with Gasteiger partial charge in [-0.05, 0) is 137 Å². The van der Waals surface area contributed by atoms with Crippen LogP contribution in [0.1, 0.15) is 119 Å². The second-order valence-corrected chi connectivity index (χ2v) is 21.1. The third kappa shape index (κ3) is 8.02. The average molecular weight is 1000 g/mol. The van der Waals surface area contributed by atoms with Gasteiger partial charge in [-0.1, -0.05) is 91.8 Å². The number of carbonyl (C=O) groups excluding carboxylic acids is 4. The molecule has 10 aromatic carbocycles. The summed E-state index contributed by atoms with van der Waals surface area (Å²) in [7, 11) is 0. The van der Waals surface area contributed by atoms with Crippen LogP contribution in [0.2, 0.25) is 0 Å². The lowest BCUT2D eigenvalue weighted by Crippen LogP contribution is -2.12. The number of hydrogen-bond donors (Lipinski definition) is 0. The van der Waals surface area contributed by atoms with Crippen molar-refractivity contribution in [3.05, 3.63) is 129 Å². The van der Waals surface area contributed by atoms with E-state index in [0.717, 1.165) is 0 Å². The molecule has 0 aromatic heterocycles. The van der Waals surface area contributed by atoms with Crippen molar-refractivity contribution >= 4 is 110 Å². The standard InChI is InChI=1S/C64H50N4O8/c1-31(2)27-73-61(69)43-17-13-38-40-15-20-46(64(72)76-30-34(7)8)60-51(25-67)47(21-49(58(40)60)41-12-10-36(24-66)54(43)56(38)41)48-22-50-42-16-18-44(62(70)74-28-32(3)4)53-35(23-65)9-11-37(55(42)53)39-14-19-45(63(71)75-29-33(5)6)59(57(39)50)52(48)26-68/h9-22,31-34H,27-30H2,1-8H3. The van der Waals surface area contributed by atoms with Gasteiger partial charge >= 0.3 is 23.9 Å². The molecule has 0 spiro atoms. The van der Waals surface area contributed by atoms with Gasteiger partial charge in [0.25, 0.3) is 0 Å². The van der Waals surface area contributed by atoms with E-state index in [2.05, 4.69) is 24.3 Å². The monoisotopic (exact) mass is 1000 g/mol. The Balaban J connectivity index is 1.41. The van der Waals surface area contributed by atoms with Gasteiger partial charge in [-0.15, -0.1) is 0 Å². The highest BCUT2D eigenvalue weighted by Crippen LogP contribution is 2.50. The fraction of sp³-hybridized carbons (Fsp3) is 0.250. The molecule has 0 unspecified atom stereocenters. The Hall–Kier alpha value is -9.36. The molecule has 0 saturated carbocycles. The fourth-order valence-electron chi connectivity index (χ4n) is 10.7. The quantitative estimate of drug-likeness (QED) is 0.0458. The van der Waals surface area contributed by atoms with E-state index in [1.54, 1.807) is 84.9 Å². The maximum absolute atomic E-state index is 14.5. The van der Waals surface area contributed by atoms with Crippen LogP contribution in [0, 0.1) is 69.0 Å². The molecule has 12 nitrogen and oxygen atoms in total. The molecular weight excluding hydrogens is 953 g/mol. The zero-order valence-electron chi connectivity index (χ0n) is 43.3. The van der Waals surface area contributed by atoms with E-state index in [0.29, 0.717) is 75.4 Å². The summed E-state index contributed by atoms with van der Waals surface area (Å²) in [6.07, 6.45) is 0. The summed E-state index contributed by atoms with van der Waals surface area (Å²) in [5.74, 6) is -2.50. The van der Waals surface area contributed by atoms with E-state index >= 15 is 0 Å². The molecule has 0 N–H and O–H groups in total. The summed E-state index contributed by atoms with van der Waals surface area (Å²) in [5.41, 5.74) is 1.60. The molecule has 0 amide bonds. The van der Waals surface area contributed by atoms with Gasteiger partial charge < -0.3 is 18.9 Å². The number of fused-ring (bicyclic) bond motifs is 4. The molecule has 374 valence electrons. The number of hydrogen-bond acceptors (Lipinski definition) is 12. The molecule has 0 aliphatic heterocycles. The normalized spacial score (nSPS) is 11.7. The highest BCUT2D eigenvalue weighted by atomic mass is 16.5. The van der Waals surface area contributed by atoms with Crippen molar-refractivity contribution in [2.45, 2.75) is 55.4 Å². The van der Waals surface area contributed by atoms with Crippen LogP contribution >= 0.6 is 0 Å². The zero-order chi connectivity index (χ0) is 54.0. The van der Waals surface area contributed by atoms with Crippen LogP contribution in [0.5, 0.6) is 0 Å². The van der Waals surface area contributed by atoms with Gasteiger partial charge in [0.1, 0.15) is 12.1 Å². The second-order valence-electron chi connectivity index (χ2n) is 21.1. The van der Waals surface area contributed by atoms with E-state index in [-0.39, 0.29) is 117 Å². The van der Waals surface area contributed by atoms with Gasteiger partial charge in [0, 0.05) is 32.7 Å². The van der Waals surface area contributed by atoms with Crippen LogP contribution in [0.25, 0.3) is 97.3 Å². The topological polar surface area (TPSA) is 200 Å². The molecule has 0 radical (unpaired) electrons. The van der Waals surface area contributed by atoms with Gasteiger partial charge in [0.15, 0.2) is 0 Å². The molecule has 0 aliphatic rings. The second kappa shape index (κ2) is 19.5. The third-order valence-electron chi connectivity index (χ3n) is 13.9. The Bertz CT molecular complexity index is 4110. The summed E-state index contributed by atoms with van der Waals surface area (Å²) >= 11 is 0. The minimum atomic E-state index is -0.674. The highest BCUT2D eigenvalue weighted by molar-refractivity contribution is 6.39. The third-order valence-corrected chi connectivity index (χ3v) is 13.9. The van der Waals surface area contributed by atoms with Crippen molar-refractivity contribution in [1.29, 1.82) is 21.0 Å². The highest BCUT2D eigenvalue weighted by Gasteiger charge is 2.31. The molecule has 0 aliphatic carbocycles. The Morgan fingerprint density at radius 1 is 0.342 bits per heavy atom. The molecular formula is C64H50N4O8. The Kier molecular flexibility index (Phi) is 12.9. The van der Waals surface area contributed by atoms with Crippen LogP contribution in [-0.4, -0.2) is 50.3 Å². The summed E-state index contributed by atoms with van der Waals surface area (Å²) in [4.78, 5) is 56.8. The van der Waals surface area contributed by atoms with Crippen molar-refractivity contribution in [3.8, 4) is 35.4 Å². The van der Waals surface area contributed by atoms with Gasteiger partial charge in [0.2, 0.25) is 0 Å². The molecule has 76 heavy (non-hydrogen) atoms. The number of rotatable bonds is 13. The summed E-state index contributed by atoms with van der Waals surface area (Å²) < 4.78 is 23.3. The van der Waals surface area contributed by atoms with Gasteiger partial charge in [0.05, 0.1) is 83.1 Å². The number of nitriles is 4. The fourth-order valence-corrected chi connectivity index (χ4v) is 10.7. The Morgan fingerprint density at radius 2 is 0.592 bits per heavy atom. The number of benzene rings is 10. The molecule has 0 atom stereocenters. The summed E-state index contributed by atoms with van der Waals surface area (Å²) in [6, 6.07) is 33.5. The van der Waals surface area contributed by atoms with E-state index < -0.39 is 23.9 Å². The first-order valence-electron chi connectivity index (χ1n) is 25.3. The minimum absolute atomic E-state index is 0.0187. The van der Waals surface area contributed by atoms with Crippen LogP contribution < -0.4 is 0 Å². The predicted octanol–water partition coefficient (Wildman–Crippen LogP) is 14.2. The summed E-state index contributed by atoms with van der Waals surface area (Å²) in [6.45, 7) is 15.9. The van der Waals surface area contributed by atoms with Crippen LogP contribution in [-0.2, 0) is 18.9 Å². The molecule has 0 saturated heterocycles. The average Bonchev–Trinajstić information content (AvgIpc) is 3.62. The maximum atomic E-state index is 14.5. The first-order valence-corrected chi connectivity index (χ1v) is 25.3. The number of nitrogens with zero attached hydrogens (tertiary/aromatic N) is 4. The van der Waals surface area contributed by atoms with Crippen molar-refractivity contribution in [2.24, 2.45) is 23.7 Å². The maximum Gasteiger partial charge on any atom is 0.338 e. The first kappa shape index (κ1) is 50.2. The Morgan fingerprint density at radius 3 is 0.855 bits per heavy atom. The first-order chi connectivity index (χ1) is 36.5. The molecule has 10 rings (SSSR count). The van der Waals surface area contributed by atoms with Crippen molar-refractivity contribution in [3.63, 3.8) is 0 Å². The van der Waals surface area contributed by atoms with Crippen LogP contribution in [0.3, 0.4) is 0 Å². The molecule has 0 heterocycles. The predicted molar refractivity (Wildman–Crippen MR) is 294 cm³/mol. The van der Waals surface area contributed by atoms with E-state index in [1.165, 1.54) is 0 Å². The number of ether oxygens (including phenoxy) is 4. The largest absolute Gasteiger partial charge is 0.462 e. The lowest BCUT2D eigenvalue weighted by atomic mass is 9.79. The lowest BCUT2D eigenvalue weighted by molar-refractivity contribution is 0.0453. The lowest BCUT2D eigenvalue weighted by Gasteiger charge is -2.23. The molecule has 0 fully saturated rings. The Labute approximate surface area is 437 Å². The van der Waals surface area contributed by atoms with Crippen molar-refractivity contribution in [2.75, 3.05) is 26.4 Å². The van der Waals surface area contributed by atoms with Crippen molar-refractivity contribution < 1.29 is 38.1 Å². The molecule has 12 heteroatoms. The zero-order valence-corrected chi connectivity index (χ0v) is 43.3. The van der Waals surface area contributed by atoms with Gasteiger partial charge in [-0.2, -0.15) is 21.0 Å². The van der Waals surface area contributed by atoms with E-state index in [4.69, 9.17) is 18.9 Å². The molecule has 0 bridgehead atoms. The van der Waals surface area contributed by atoms with Crippen LogP contribution in [0.4, 0.5) is 0 Å². The number of carbonyl (C=O) groups is 4. The smallest absolute Gasteiger partial charge is 0.338 e. The van der Waals surface area contributed by atoms with E-state index in [9.17, 15) is 40.2 Å².